The molecule has 122 valence electrons. The molecule has 0 fully saturated rings. The minimum absolute atomic E-state index is 0.165. The number of hydrogen-bond acceptors (Lipinski definition) is 3. The van der Waals surface area contributed by atoms with E-state index in [4.69, 9.17) is 0 Å². The van der Waals surface area contributed by atoms with Gasteiger partial charge in [-0.3, -0.25) is 9.89 Å². The Balaban J connectivity index is 2.35. The molecule has 0 bridgehead atoms. The summed E-state index contributed by atoms with van der Waals surface area (Å²) < 4.78 is 16.4. The van der Waals surface area contributed by atoms with E-state index in [0.717, 1.165) is 15.0 Å². The summed E-state index contributed by atoms with van der Waals surface area (Å²) in [6.45, 7) is 7.79. The van der Waals surface area contributed by atoms with Crippen molar-refractivity contribution in [3.63, 3.8) is 0 Å². The predicted octanol–water partition coefficient (Wildman–Crippen LogP) is 3.04. The summed E-state index contributed by atoms with van der Waals surface area (Å²) in [5, 5.41) is 7.40. The predicted molar refractivity (Wildman–Crippen MR) is 95.5 cm³/mol. The van der Waals surface area contributed by atoms with Gasteiger partial charge in [-0.1, -0.05) is 0 Å². The van der Waals surface area contributed by atoms with Crippen molar-refractivity contribution in [1.29, 1.82) is 0 Å². The Morgan fingerprint density at radius 3 is 2.41 bits per heavy atom. The van der Waals surface area contributed by atoms with Gasteiger partial charge in [0.05, 0.1) is 21.3 Å². The second kappa shape index (κ2) is 6.43. The third-order valence-corrected chi connectivity index (χ3v) is 6.88. The quantitative estimate of drug-likeness (QED) is 0.714. The van der Waals surface area contributed by atoms with Gasteiger partial charge in [0, 0.05) is 32.9 Å². The molecule has 0 spiro atoms. The largest absolute Gasteiger partial charge is 0.302 e. The number of thiophene rings is 1. The van der Waals surface area contributed by atoms with Crippen LogP contribution in [0.25, 0.3) is 0 Å². The number of nitrogens with one attached hydrogen (secondary N) is 3. The molecule has 2 rings (SSSR count). The third kappa shape index (κ3) is 4.18. The lowest BCUT2D eigenvalue weighted by Crippen LogP contribution is -2.47. The number of aromatic nitrogens is 2. The van der Waals surface area contributed by atoms with Crippen LogP contribution in [0.4, 0.5) is 0 Å². The standard InChI is InChI=1S/C14H20BrN3O2S2/c1-13(2,3)22(20)18-14(4,11-5-9(15)8-21-11)7-10-6-12(19)17-16-10/h5-6,8,18H,7H2,1-4H3,(H2,16,17,19). The first-order chi connectivity index (χ1) is 10.1. The number of aromatic amines is 2. The lowest BCUT2D eigenvalue weighted by Gasteiger charge is -2.32. The second-order valence-electron chi connectivity index (χ2n) is 6.41. The maximum absolute atomic E-state index is 12.6. The van der Waals surface area contributed by atoms with E-state index < -0.39 is 16.5 Å². The molecule has 0 aliphatic carbocycles. The Kier molecular flexibility index (Phi) is 5.16. The summed E-state index contributed by atoms with van der Waals surface area (Å²) >= 11 is 5.05. The molecule has 2 aromatic heterocycles. The molecule has 2 atom stereocenters. The van der Waals surface area contributed by atoms with Gasteiger partial charge in [0.25, 0.3) is 5.56 Å². The topological polar surface area (TPSA) is 77.8 Å². The number of halogens is 1. The van der Waals surface area contributed by atoms with Crippen molar-refractivity contribution < 1.29 is 4.21 Å². The Morgan fingerprint density at radius 1 is 1.27 bits per heavy atom. The molecule has 2 heterocycles. The van der Waals surface area contributed by atoms with Crippen LogP contribution in [0.15, 0.2) is 26.8 Å². The first-order valence-electron chi connectivity index (χ1n) is 6.81. The number of rotatable bonds is 5. The molecule has 0 radical (unpaired) electrons. The van der Waals surface area contributed by atoms with Gasteiger partial charge in [-0.05, 0) is 49.7 Å². The van der Waals surface area contributed by atoms with Crippen molar-refractivity contribution >= 4 is 38.3 Å². The van der Waals surface area contributed by atoms with Gasteiger partial charge < -0.3 is 5.10 Å². The summed E-state index contributed by atoms with van der Waals surface area (Å²) in [6.07, 6.45) is 0.528. The minimum Gasteiger partial charge on any atom is -0.302 e. The minimum atomic E-state index is -1.23. The fourth-order valence-electron chi connectivity index (χ4n) is 1.98. The first-order valence-corrected chi connectivity index (χ1v) is 9.63. The average molecular weight is 406 g/mol. The van der Waals surface area contributed by atoms with E-state index >= 15 is 0 Å². The first kappa shape index (κ1) is 17.7. The Labute approximate surface area is 144 Å². The van der Waals surface area contributed by atoms with E-state index in [-0.39, 0.29) is 10.3 Å². The molecule has 0 aromatic carbocycles. The van der Waals surface area contributed by atoms with Crippen LogP contribution < -0.4 is 10.3 Å². The number of H-pyrrole nitrogens is 2. The molecular formula is C14H20BrN3O2S2. The van der Waals surface area contributed by atoms with E-state index in [1.54, 1.807) is 11.3 Å². The highest BCUT2D eigenvalue weighted by molar-refractivity contribution is 9.10. The van der Waals surface area contributed by atoms with Crippen molar-refractivity contribution in [2.75, 3.05) is 0 Å². The van der Waals surface area contributed by atoms with Gasteiger partial charge >= 0.3 is 0 Å². The van der Waals surface area contributed by atoms with Crippen LogP contribution in [-0.4, -0.2) is 19.2 Å². The zero-order chi connectivity index (χ0) is 16.5. The normalized spacial score (nSPS) is 16.4. The van der Waals surface area contributed by atoms with E-state index in [1.807, 2.05) is 39.1 Å². The van der Waals surface area contributed by atoms with Crippen LogP contribution in [0.2, 0.25) is 0 Å². The fraction of sp³-hybridized carbons (Fsp3) is 0.500. The van der Waals surface area contributed by atoms with Crippen molar-refractivity contribution in [3.8, 4) is 0 Å². The number of hydrogen-bond donors (Lipinski definition) is 3. The van der Waals surface area contributed by atoms with Gasteiger partial charge in [-0.25, -0.2) is 8.93 Å². The molecule has 22 heavy (non-hydrogen) atoms. The lowest BCUT2D eigenvalue weighted by molar-refractivity contribution is 0.441. The van der Waals surface area contributed by atoms with Crippen LogP contribution >= 0.6 is 27.3 Å². The molecular weight excluding hydrogens is 386 g/mol. The monoisotopic (exact) mass is 405 g/mol. The van der Waals surface area contributed by atoms with Gasteiger partial charge in [-0.2, -0.15) is 0 Å². The van der Waals surface area contributed by atoms with Crippen LogP contribution in [0.5, 0.6) is 0 Å². The highest BCUT2D eigenvalue weighted by Crippen LogP contribution is 2.33. The molecule has 5 nitrogen and oxygen atoms in total. The molecule has 0 amide bonds. The maximum atomic E-state index is 12.6. The molecule has 0 aliphatic heterocycles. The van der Waals surface area contributed by atoms with Crippen LogP contribution in [0.1, 0.15) is 38.3 Å². The molecule has 3 N–H and O–H groups in total. The van der Waals surface area contributed by atoms with Crippen molar-refractivity contribution in [1.82, 2.24) is 14.9 Å². The maximum Gasteiger partial charge on any atom is 0.264 e. The Hall–Kier alpha value is -0.700. The summed E-state index contributed by atoms with van der Waals surface area (Å²) in [5.41, 5.74) is 0.0667. The fourth-order valence-corrected chi connectivity index (χ4v) is 4.49. The Morgan fingerprint density at radius 2 is 1.95 bits per heavy atom. The highest BCUT2D eigenvalue weighted by Gasteiger charge is 2.34. The molecule has 8 heteroatoms. The zero-order valence-corrected chi connectivity index (χ0v) is 16.2. The van der Waals surface area contributed by atoms with Gasteiger partial charge in [0.15, 0.2) is 0 Å². The SMILES string of the molecule is CC(Cc1cc(=O)[nH][nH]1)(NS(=O)C(C)(C)C)c1cc(Br)cs1. The highest BCUT2D eigenvalue weighted by atomic mass is 79.9. The van der Waals surface area contributed by atoms with Crippen molar-refractivity contribution in [2.24, 2.45) is 0 Å². The second-order valence-corrected chi connectivity index (χ2v) is 10.2. The van der Waals surface area contributed by atoms with Gasteiger partial charge in [0.2, 0.25) is 0 Å². The summed E-state index contributed by atoms with van der Waals surface area (Å²) in [6, 6.07) is 3.55. The molecule has 2 aromatic rings. The zero-order valence-electron chi connectivity index (χ0n) is 13.0. The van der Waals surface area contributed by atoms with Crippen LogP contribution in [0.3, 0.4) is 0 Å². The molecule has 2 unspecified atom stereocenters. The van der Waals surface area contributed by atoms with E-state index in [0.29, 0.717) is 6.42 Å². The van der Waals surface area contributed by atoms with Crippen molar-refractivity contribution in [3.05, 3.63) is 42.9 Å². The van der Waals surface area contributed by atoms with E-state index in [1.165, 1.54) is 6.07 Å². The van der Waals surface area contributed by atoms with Gasteiger partial charge in [0.1, 0.15) is 0 Å². The van der Waals surface area contributed by atoms with E-state index in [2.05, 4.69) is 30.8 Å². The summed E-state index contributed by atoms with van der Waals surface area (Å²) in [7, 11) is -1.23. The smallest absolute Gasteiger partial charge is 0.264 e. The van der Waals surface area contributed by atoms with Gasteiger partial charge in [-0.15, -0.1) is 11.3 Å². The average Bonchev–Trinajstić information content (AvgIpc) is 2.97. The Bertz CT molecular complexity index is 729. The summed E-state index contributed by atoms with van der Waals surface area (Å²) in [5.74, 6) is 0. The van der Waals surface area contributed by atoms with E-state index in [9.17, 15) is 9.00 Å². The molecule has 0 saturated carbocycles. The molecule has 0 saturated heterocycles. The van der Waals surface area contributed by atoms with Crippen molar-refractivity contribution in [2.45, 2.75) is 44.4 Å². The lowest BCUT2D eigenvalue weighted by atomic mass is 9.95. The molecule has 0 aliphatic rings. The van der Waals surface area contributed by atoms with Crippen LogP contribution in [0, 0.1) is 0 Å². The third-order valence-electron chi connectivity index (χ3n) is 3.18. The summed E-state index contributed by atoms with van der Waals surface area (Å²) in [4.78, 5) is 12.4. The van der Waals surface area contributed by atoms with Crippen LogP contribution in [-0.2, 0) is 22.9 Å².